The predicted molar refractivity (Wildman–Crippen MR) is 68.4 cm³/mol. The number of sulfonamides is 2. The molecule has 1 fully saturated rings. The average molecular weight is 311 g/mol. The first kappa shape index (κ1) is 13.6. The highest BCUT2D eigenvalue weighted by Gasteiger charge is 2.36. The highest BCUT2D eigenvalue weighted by molar-refractivity contribution is 7.93. The van der Waals surface area contributed by atoms with Crippen molar-refractivity contribution < 1.29 is 16.8 Å². The first-order valence-electron chi connectivity index (χ1n) is 5.04. The van der Waals surface area contributed by atoms with Crippen molar-refractivity contribution in [1.82, 2.24) is 0 Å². The molecule has 2 rings (SSSR count). The molecule has 100 valence electrons. The van der Waals surface area contributed by atoms with E-state index in [1.807, 2.05) is 0 Å². The Morgan fingerprint density at radius 1 is 1.22 bits per heavy atom. The molecule has 0 radical (unpaired) electrons. The summed E-state index contributed by atoms with van der Waals surface area (Å²) < 4.78 is 48.1. The quantitative estimate of drug-likeness (QED) is 0.861. The summed E-state index contributed by atoms with van der Waals surface area (Å²) in [5.74, 6) is 0. The molecule has 1 saturated carbocycles. The third-order valence-electron chi connectivity index (χ3n) is 2.48. The summed E-state index contributed by atoms with van der Waals surface area (Å²) in [5, 5.41) is 4.66. The maximum Gasteiger partial charge on any atom is 0.238 e. The lowest BCUT2D eigenvalue weighted by Crippen LogP contribution is -2.18. The fraction of sp³-hybridized carbons (Fsp3) is 0.333. The van der Waals surface area contributed by atoms with E-state index in [2.05, 4.69) is 4.72 Å². The van der Waals surface area contributed by atoms with E-state index in [-0.39, 0.29) is 15.6 Å². The van der Waals surface area contributed by atoms with Gasteiger partial charge in [-0.2, -0.15) is 0 Å². The van der Waals surface area contributed by atoms with Gasteiger partial charge in [0, 0.05) is 0 Å². The molecule has 0 bridgehead atoms. The van der Waals surface area contributed by atoms with Crippen LogP contribution >= 0.6 is 11.6 Å². The highest BCUT2D eigenvalue weighted by Crippen LogP contribution is 2.32. The summed E-state index contributed by atoms with van der Waals surface area (Å²) in [7, 11) is -7.39. The maximum atomic E-state index is 11.7. The molecular formula is C9H11ClN2O4S2. The van der Waals surface area contributed by atoms with Gasteiger partial charge in [0.2, 0.25) is 20.0 Å². The van der Waals surface area contributed by atoms with Gasteiger partial charge in [-0.3, -0.25) is 4.72 Å². The Morgan fingerprint density at radius 2 is 1.83 bits per heavy atom. The molecule has 0 amide bonds. The van der Waals surface area contributed by atoms with Gasteiger partial charge in [-0.15, -0.1) is 0 Å². The molecule has 0 atom stereocenters. The molecule has 0 unspecified atom stereocenters. The van der Waals surface area contributed by atoms with E-state index in [1.54, 1.807) is 0 Å². The lowest BCUT2D eigenvalue weighted by Gasteiger charge is -2.09. The summed E-state index contributed by atoms with van der Waals surface area (Å²) in [4.78, 5) is -0.194. The molecule has 0 aromatic heterocycles. The summed E-state index contributed by atoms with van der Waals surface area (Å²) in [6.45, 7) is 0. The summed E-state index contributed by atoms with van der Waals surface area (Å²) in [6, 6.07) is 3.61. The third-order valence-corrected chi connectivity index (χ3v) is 5.58. The second-order valence-corrected chi connectivity index (χ2v) is 7.96. The number of nitrogens with one attached hydrogen (secondary N) is 1. The molecule has 6 nitrogen and oxygen atoms in total. The van der Waals surface area contributed by atoms with E-state index in [0.29, 0.717) is 12.8 Å². The van der Waals surface area contributed by atoms with E-state index in [4.69, 9.17) is 16.7 Å². The predicted octanol–water partition coefficient (Wildman–Crippen LogP) is 0.892. The first-order valence-corrected chi connectivity index (χ1v) is 8.51. The molecule has 9 heteroatoms. The van der Waals surface area contributed by atoms with Gasteiger partial charge in [0.1, 0.15) is 0 Å². The Kier molecular flexibility index (Phi) is 3.30. The molecule has 18 heavy (non-hydrogen) atoms. The molecule has 1 aromatic carbocycles. The zero-order valence-electron chi connectivity index (χ0n) is 9.13. The molecule has 0 heterocycles. The van der Waals surface area contributed by atoms with Crippen LogP contribution in [-0.2, 0) is 20.0 Å². The summed E-state index contributed by atoms with van der Waals surface area (Å²) in [5.41, 5.74) is 0.0232. The van der Waals surface area contributed by atoms with Crippen LogP contribution in [0.15, 0.2) is 23.1 Å². The Bertz CT molecular complexity index is 681. The van der Waals surface area contributed by atoms with Crippen molar-refractivity contribution in [3.63, 3.8) is 0 Å². The smallest absolute Gasteiger partial charge is 0.238 e. The van der Waals surface area contributed by atoms with Crippen molar-refractivity contribution in [3.05, 3.63) is 23.2 Å². The van der Waals surface area contributed by atoms with Gasteiger partial charge in [-0.05, 0) is 31.0 Å². The van der Waals surface area contributed by atoms with Gasteiger partial charge in [-0.25, -0.2) is 22.0 Å². The minimum atomic E-state index is -3.90. The van der Waals surface area contributed by atoms with Crippen LogP contribution in [-0.4, -0.2) is 22.1 Å². The van der Waals surface area contributed by atoms with Crippen LogP contribution in [0.3, 0.4) is 0 Å². The number of primary sulfonamides is 1. The number of benzene rings is 1. The normalized spacial score (nSPS) is 16.6. The third kappa shape index (κ3) is 2.94. The lowest BCUT2D eigenvalue weighted by atomic mass is 10.3. The summed E-state index contributed by atoms with van der Waals surface area (Å²) in [6.07, 6.45) is 1.20. The van der Waals surface area contributed by atoms with Gasteiger partial charge < -0.3 is 0 Å². The standard InChI is InChI=1S/C9H11ClN2O4S2/c10-8-4-3-7(17(11,13)14)5-9(8)12-18(15,16)6-1-2-6/h3-6,12H,1-2H2,(H2,11,13,14). The van der Waals surface area contributed by atoms with E-state index < -0.39 is 25.3 Å². The van der Waals surface area contributed by atoms with Crippen LogP contribution in [0.25, 0.3) is 0 Å². The van der Waals surface area contributed by atoms with Crippen LogP contribution in [0.4, 0.5) is 5.69 Å². The Labute approximate surface area is 110 Å². The van der Waals surface area contributed by atoms with E-state index >= 15 is 0 Å². The zero-order chi connectivity index (χ0) is 13.6. The second-order valence-electron chi connectivity index (χ2n) is 4.03. The molecular weight excluding hydrogens is 300 g/mol. The van der Waals surface area contributed by atoms with Crippen molar-refractivity contribution in [2.45, 2.75) is 23.0 Å². The highest BCUT2D eigenvalue weighted by atomic mass is 35.5. The van der Waals surface area contributed by atoms with Crippen LogP contribution in [0.2, 0.25) is 5.02 Å². The Hall–Kier alpha value is -0.830. The maximum absolute atomic E-state index is 11.7. The van der Waals surface area contributed by atoms with Crippen LogP contribution in [0, 0.1) is 0 Å². The average Bonchev–Trinajstić information content (AvgIpc) is 3.02. The van der Waals surface area contributed by atoms with Crippen molar-refractivity contribution in [2.75, 3.05) is 4.72 Å². The van der Waals surface area contributed by atoms with Gasteiger partial charge in [0.05, 0.1) is 20.9 Å². The summed E-state index contributed by atoms with van der Waals surface area (Å²) >= 11 is 5.81. The topological polar surface area (TPSA) is 106 Å². The fourth-order valence-electron chi connectivity index (χ4n) is 1.37. The minimum Gasteiger partial charge on any atom is -0.282 e. The molecule has 0 spiro atoms. The van der Waals surface area contributed by atoms with Crippen LogP contribution in [0.5, 0.6) is 0 Å². The van der Waals surface area contributed by atoms with Crippen molar-refractivity contribution >= 4 is 37.3 Å². The van der Waals surface area contributed by atoms with Crippen molar-refractivity contribution in [1.29, 1.82) is 0 Å². The molecule has 1 aliphatic rings. The van der Waals surface area contributed by atoms with E-state index in [1.165, 1.54) is 12.1 Å². The van der Waals surface area contributed by atoms with Gasteiger partial charge in [0.25, 0.3) is 0 Å². The van der Waals surface area contributed by atoms with Gasteiger partial charge >= 0.3 is 0 Å². The number of hydrogen-bond donors (Lipinski definition) is 2. The lowest BCUT2D eigenvalue weighted by molar-refractivity contribution is 0.596. The molecule has 3 N–H and O–H groups in total. The van der Waals surface area contributed by atoms with Crippen LogP contribution in [0.1, 0.15) is 12.8 Å². The van der Waals surface area contributed by atoms with Crippen molar-refractivity contribution in [2.24, 2.45) is 5.14 Å². The SMILES string of the molecule is NS(=O)(=O)c1ccc(Cl)c(NS(=O)(=O)C2CC2)c1. The van der Waals surface area contributed by atoms with Gasteiger partial charge in [-0.1, -0.05) is 11.6 Å². The molecule has 0 aliphatic heterocycles. The zero-order valence-corrected chi connectivity index (χ0v) is 11.5. The second kappa shape index (κ2) is 4.37. The minimum absolute atomic E-state index is 0.0232. The first-order chi connectivity index (χ1) is 8.20. The fourth-order valence-corrected chi connectivity index (χ4v) is 3.53. The number of rotatable bonds is 4. The monoisotopic (exact) mass is 310 g/mol. The number of anilines is 1. The Balaban J connectivity index is 2.38. The number of hydrogen-bond acceptors (Lipinski definition) is 4. The number of nitrogens with two attached hydrogens (primary N) is 1. The van der Waals surface area contributed by atoms with E-state index in [9.17, 15) is 16.8 Å². The Morgan fingerprint density at radius 3 is 2.33 bits per heavy atom. The number of halogens is 1. The largest absolute Gasteiger partial charge is 0.282 e. The van der Waals surface area contributed by atoms with Crippen molar-refractivity contribution in [3.8, 4) is 0 Å². The van der Waals surface area contributed by atoms with Crippen LogP contribution < -0.4 is 9.86 Å². The van der Waals surface area contributed by atoms with E-state index in [0.717, 1.165) is 6.07 Å². The molecule has 1 aromatic rings. The molecule has 1 aliphatic carbocycles. The van der Waals surface area contributed by atoms with Gasteiger partial charge in [0.15, 0.2) is 0 Å². The molecule has 0 saturated heterocycles.